The molecule has 0 aromatic heterocycles. The zero-order valence-corrected chi connectivity index (χ0v) is 12.4. The second kappa shape index (κ2) is 6.68. The molecule has 1 saturated carbocycles. The van der Waals surface area contributed by atoms with Gasteiger partial charge in [0.25, 0.3) is 0 Å². The van der Waals surface area contributed by atoms with Crippen LogP contribution >= 0.6 is 0 Å². The fourth-order valence-electron chi connectivity index (χ4n) is 3.42. The van der Waals surface area contributed by atoms with Gasteiger partial charge in [-0.25, -0.2) is 4.39 Å². The van der Waals surface area contributed by atoms with Gasteiger partial charge in [0.1, 0.15) is 5.82 Å². The molecule has 0 heterocycles. The standard InChI is InChI=1S/C17H25FO2/c1-3-20-17(10-6-7-13(2)12-17)16(19)11-14-8-4-5-9-15(14)18/h4-5,8-9,13,16,19H,3,6-7,10-12H2,1-2H3. The molecule has 0 radical (unpaired) electrons. The van der Waals surface area contributed by atoms with E-state index in [1.807, 2.05) is 13.0 Å². The number of hydrogen-bond acceptors (Lipinski definition) is 2. The Labute approximate surface area is 121 Å². The molecule has 1 aliphatic carbocycles. The molecule has 1 N–H and O–H groups in total. The van der Waals surface area contributed by atoms with E-state index in [0.29, 0.717) is 24.5 Å². The second-order valence-corrected chi connectivity index (χ2v) is 6.01. The maximum absolute atomic E-state index is 13.8. The molecule has 0 bridgehead atoms. The van der Waals surface area contributed by atoms with Crippen LogP contribution in [-0.4, -0.2) is 23.4 Å². The van der Waals surface area contributed by atoms with Crippen LogP contribution < -0.4 is 0 Å². The molecule has 0 spiro atoms. The summed E-state index contributed by atoms with van der Waals surface area (Å²) in [5.74, 6) is 0.299. The van der Waals surface area contributed by atoms with Gasteiger partial charge in [0.2, 0.25) is 0 Å². The van der Waals surface area contributed by atoms with Crippen LogP contribution in [0, 0.1) is 11.7 Å². The Hall–Kier alpha value is -0.930. The molecule has 0 aliphatic heterocycles. The highest BCUT2D eigenvalue weighted by Crippen LogP contribution is 2.38. The van der Waals surface area contributed by atoms with Crippen LogP contribution in [0.15, 0.2) is 24.3 Å². The fraction of sp³-hybridized carbons (Fsp3) is 0.647. The smallest absolute Gasteiger partial charge is 0.126 e. The summed E-state index contributed by atoms with van der Waals surface area (Å²) in [6.45, 7) is 4.74. The summed E-state index contributed by atoms with van der Waals surface area (Å²) in [6, 6.07) is 6.66. The lowest BCUT2D eigenvalue weighted by molar-refractivity contribution is -0.147. The zero-order valence-electron chi connectivity index (χ0n) is 12.4. The minimum Gasteiger partial charge on any atom is -0.390 e. The van der Waals surface area contributed by atoms with Crippen LogP contribution in [0.2, 0.25) is 0 Å². The summed E-state index contributed by atoms with van der Waals surface area (Å²) in [5, 5.41) is 10.7. The molecule has 3 unspecified atom stereocenters. The normalized spacial score (nSPS) is 28.3. The molecular formula is C17H25FO2. The van der Waals surface area contributed by atoms with E-state index < -0.39 is 11.7 Å². The summed E-state index contributed by atoms with van der Waals surface area (Å²) in [5.41, 5.74) is 0.0617. The molecule has 112 valence electrons. The molecule has 20 heavy (non-hydrogen) atoms. The molecule has 1 fully saturated rings. The topological polar surface area (TPSA) is 29.5 Å². The van der Waals surface area contributed by atoms with Crippen LogP contribution in [-0.2, 0) is 11.2 Å². The van der Waals surface area contributed by atoms with Crippen molar-refractivity contribution in [3.8, 4) is 0 Å². The molecule has 1 aromatic carbocycles. The van der Waals surface area contributed by atoms with Crippen LogP contribution in [0.1, 0.15) is 45.1 Å². The average molecular weight is 280 g/mol. The van der Waals surface area contributed by atoms with Crippen molar-refractivity contribution in [2.75, 3.05) is 6.61 Å². The molecule has 0 amide bonds. The zero-order chi connectivity index (χ0) is 14.6. The first-order valence-electron chi connectivity index (χ1n) is 7.63. The van der Waals surface area contributed by atoms with Crippen molar-refractivity contribution in [3.05, 3.63) is 35.6 Å². The fourth-order valence-corrected chi connectivity index (χ4v) is 3.42. The van der Waals surface area contributed by atoms with E-state index in [2.05, 4.69) is 6.92 Å². The highest BCUT2D eigenvalue weighted by atomic mass is 19.1. The minimum absolute atomic E-state index is 0.248. The van der Waals surface area contributed by atoms with Crippen molar-refractivity contribution in [1.29, 1.82) is 0 Å². The number of aliphatic hydroxyl groups excluding tert-OH is 1. The average Bonchev–Trinajstić information content (AvgIpc) is 2.41. The molecule has 2 rings (SSSR count). The lowest BCUT2D eigenvalue weighted by Gasteiger charge is -2.43. The van der Waals surface area contributed by atoms with Gasteiger partial charge < -0.3 is 9.84 Å². The van der Waals surface area contributed by atoms with E-state index in [0.717, 1.165) is 19.3 Å². The summed E-state index contributed by atoms with van der Waals surface area (Å²) >= 11 is 0. The van der Waals surface area contributed by atoms with Crippen LogP contribution in [0.4, 0.5) is 4.39 Å². The van der Waals surface area contributed by atoms with Gasteiger partial charge in [0.05, 0.1) is 11.7 Å². The van der Waals surface area contributed by atoms with Crippen LogP contribution in [0.25, 0.3) is 0 Å². The Morgan fingerprint density at radius 2 is 2.20 bits per heavy atom. The van der Waals surface area contributed by atoms with Gasteiger partial charge in [-0.15, -0.1) is 0 Å². The van der Waals surface area contributed by atoms with Gasteiger partial charge in [0.15, 0.2) is 0 Å². The molecular weight excluding hydrogens is 255 g/mol. The van der Waals surface area contributed by atoms with Crippen molar-refractivity contribution in [1.82, 2.24) is 0 Å². The second-order valence-electron chi connectivity index (χ2n) is 6.01. The first kappa shape index (κ1) is 15.5. The third kappa shape index (κ3) is 3.39. The number of halogens is 1. The van der Waals surface area contributed by atoms with E-state index >= 15 is 0 Å². The third-order valence-corrected chi connectivity index (χ3v) is 4.40. The van der Waals surface area contributed by atoms with Crippen molar-refractivity contribution in [3.63, 3.8) is 0 Å². The first-order chi connectivity index (χ1) is 9.57. The maximum atomic E-state index is 13.8. The van der Waals surface area contributed by atoms with E-state index in [4.69, 9.17) is 4.74 Å². The van der Waals surface area contributed by atoms with E-state index in [1.54, 1.807) is 12.1 Å². The van der Waals surface area contributed by atoms with Crippen molar-refractivity contribution >= 4 is 0 Å². The van der Waals surface area contributed by atoms with Gasteiger partial charge in [-0.05, 0) is 37.3 Å². The van der Waals surface area contributed by atoms with E-state index in [9.17, 15) is 9.50 Å². The van der Waals surface area contributed by atoms with Gasteiger partial charge in [0, 0.05) is 13.0 Å². The number of ether oxygens (including phenoxy) is 1. The SMILES string of the molecule is CCOC1(C(O)Cc2ccccc2F)CCCC(C)C1. The highest BCUT2D eigenvalue weighted by Gasteiger charge is 2.42. The molecule has 1 aliphatic rings. The summed E-state index contributed by atoms with van der Waals surface area (Å²) in [7, 11) is 0. The van der Waals surface area contributed by atoms with Crippen molar-refractivity contribution < 1.29 is 14.2 Å². The number of aliphatic hydroxyl groups is 1. The molecule has 2 nitrogen and oxygen atoms in total. The highest BCUT2D eigenvalue weighted by molar-refractivity contribution is 5.19. The predicted octanol–water partition coefficient (Wildman–Crippen LogP) is 3.71. The Bertz CT molecular complexity index is 431. The lowest BCUT2D eigenvalue weighted by Crippen LogP contribution is -2.49. The Morgan fingerprint density at radius 3 is 2.85 bits per heavy atom. The molecule has 3 atom stereocenters. The van der Waals surface area contributed by atoms with Crippen molar-refractivity contribution in [2.45, 2.75) is 57.7 Å². The number of hydrogen-bond donors (Lipinski definition) is 1. The monoisotopic (exact) mass is 280 g/mol. The maximum Gasteiger partial charge on any atom is 0.126 e. The summed E-state index contributed by atoms with van der Waals surface area (Å²) in [4.78, 5) is 0. The van der Waals surface area contributed by atoms with Crippen molar-refractivity contribution in [2.24, 2.45) is 5.92 Å². The third-order valence-electron chi connectivity index (χ3n) is 4.40. The van der Waals surface area contributed by atoms with Crippen LogP contribution in [0.5, 0.6) is 0 Å². The first-order valence-corrected chi connectivity index (χ1v) is 7.63. The minimum atomic E-state index is -0.651. The van der Waals surface area contributed by atoms with Gasteiger partial charge in [-0.1, -0.05) is 38.0 Å². The predicted molar refractivity (Wildman–Crippen MR) is 78.1 cm³/mol. The number of benzene rings is 1. The van der Waals surface area contributed by atoms with E-state index in [1.165, 1.54) is 12.5 Å². The number of rotatable bonds is 5. The Morgan fingerprint density at radius 1 is 1.45 bits per heavy atom. The van der Waals surface area contributed by atoms with E-state index in [-0.39, 0.29) is 5.82 Å². The summed E-state index contributed by atoms with van der Waals surface area (Å²) < 4.78 is 19.7. The molecule has 0 saturated heterocycles. The van der Waals surface area contributed by atoms with Crippen LogP contribution in [0.3, 0.4) is 0 Å². The van der Waals surface area contributed by atoms with Gasteiger partial charge in [-0.2, -0.15) is 0 Å². The Kier molecular flexibility index (Phi) is 5.17. The van der Waals surface area contributed by atoms with Gasteiger partial charge >= 0.3 is 0 Å². The van der Waals surface area contributed by atoms with Gasteiger partial charge in [-0.3, -0.25) is 0 Å². The summed E-state index contributed by atoms with van der Waals surface area (Å²) in [6.07, 6.45) is 3.63. The molecule has 3 heteroatoms. The molecule has 1 aromatic rings. The largest absolute Gasteiger partial charge is 0.390 e. The lowest BCUT2D eigenvalue weighted by atomic mass is 9.74. The quantitative estimate of drug-likeness (QED) is 0.891. The Balaban J connectivity index is 2.14.